The summed E-state index contributed by atoms with van der Waals surface area (Å²) in [4.78, 5) is -0.191. The van der Waals surface area contributed by atoms with Gasteiger partial charge in [0, 0.05) is 6.04 Å². The summed E-state index contributed by atoms with van der Waals surface area (Å²) in [5.41, 5.74) is 0. The quantitative estimate of drug-likeness (QED) is 0.877. The molecule has 0 unspecified atom stereocenters. The van der Waals surface area contributed by atoms with Gasteiger partial charge >= 0.3 is 0 Å². The molecule has 0 spiro atoms. The van der Waals surface area contributed by atoms with E-state index in [1.54, 1.807) is 13.8 Å². The molecule has 1 N–H and O–H groups in total. The van der Waals surface area contributed by atoms with Crippen molar-refractivity contribution in [3.63, 3.8) is 0 Å². The number of methoxy groups -OCH3 is 1. The molecule has 0 atom stereocenters. The Kier molecular flexibility index (Phi) is 3.88. The van der Waals surface area contributed by atoms with Gasteiger partial charge in [-0.1, -0.05) is 0 Å². The summed E-state index contributed by atoms with van der Waals surface area (Å²) in [6.45, 7) is 3.37. The Morgan fingerprint density at radius 3 is 2.50 bits per heavy atom. The lowest BCUT2D eigenvalue weighted by Crippen LogP contribution is -2.30. The first-order valence-electron chi connectivity index (χ1n) is 4.72. The largest absolute Gasteiger partial charge is 0.495 e. The fourth-order valence-electron chi connectivity index (χ4n) is 1.23. The van der Waals surface area contributed by atoms with Crippen molar-refractivity contribution in [2.24, 2.45) is 0 Å². The van der Waals surface area contributed by atoms with Crippen molar-refractivity contribution in [1.82, 2.24) is 4.72 Å². The lowest BCUT2D eigenvalue weighted by molar-refractivity contribution is 0.400. The number of hydrogen-bond acceptors (Lipinski definition) is 3. The molecule has 0 amide bonds. The fraction of sp³-hybridized carbons (Fsp3) is 0.400. The Hall–Kier alpha value is -1.14. The number of nitrogens with one attached hydrogen (secondary N) is 1. The molecular weight excluding hydrogens is 233 g/mol. The first kappa shape index (κ1) is 12.9. The van der Waals surface area contributed by atoms with E-state index in [2.05, 4.69) is 4.72 Å². The van der Waals surface area contributed by atoms with Crippen molar-refractivity contribution in [2.75, 3.05) is 7.11 Å². The van der Waals surface area contributed by atoms with Crippen LogP contribution in [0, 0.1) is 5.82 Å². The normalized spacial score (nSPS) is 11.8. The number of ether oxygens (including phenoxy) is 1. The summed E-state index contributed by atoms with van der Waals surface area (Å²) in [6.07, 6.45) is 0. The van der Waals surface area contributed by atoms with Gasteiger partial charge in [0.1, 0.15) is 16.5 Å². The Balaban J connectivity index is 3.25. The third kappa shape index (κ3) is 2.93. The highest BCUT2D eigenvalue weighted by Gasteiger charge is 2.20. The molecule has 0 saturated heterocycles. The summed E-state index contributed by atoms with van der Waals surface area (Å²) >= 11 is 0. The van der Waals surface area contributed by atoms with Crippen LogP contribution in [0.5, 0.6) is 5.75 Å². The molecule has 0 bridgehead atoms. The summed E-state index contributed by atoms with van der Waals surface area (Å²) in [7, 11) is -2.40. The van der Waals surface area contributed by atoms with E-state index in [1.807, 2.05) is 0 Å². The molecule has 1 aromatic rings. The van der Waals surface area contributed by atoms with Crippen LogP contribution < -0.4 is 9.46 Å². The van der Waals surface area contributed by atoms with Crippen molar-refractivity contribution in [2.45, 2.75) is 24.8 Å². The van der Waals surface area contributed by atoms with Crippen LogP contribution in [0.2, 0.25) is 0 Å². The number of sulfonamides is 1. The van der Waals surface area contributed by atoms with Crippen molar-refractivity contribution < 1.29 is 17.5 Å². The Bertz CT molecular complexity index is 471. The van der Waals surface area contributed by atoms with Crippen LogP contribution in [-0.4, -0.2) is 21.6 Å². The highest BCUT2D eigenvalue weighted by molar-refractivity contribution is 7.89. The van der Waals surface area contributed by atoms with Crippen molar-refractivity contribution >= 4 is 10.0 Å². The van der Waals surface area contributed by atoms with Crippen LogP contribution in [0.15, 0.2) is 23.1 Å². The summed E-state index contributed by atoms with van der Waals surface area (Å²) in [5.74, 6) is -0.500. The highest BCUT2D eigenvalue weighted by Crippen LogP contribution is 2.24. The van der Waals surface area contributed by atoms with Gasteiger partial charge < -0.3 is 4.74 Å². The number of hydrogen-bond donors (Lipinski definition) is 1. The molecule has 0 aliphatic rings. The monoisotopic (exact) mass is 247 g/mol. The van der Waals surface area contributed by atoms with Gasteiger partial charge in [0.2, 0.25) is 10.0 Å². The number of rotatable bonds is 4. The number of benzene rings is 1. The van der Waals surface area contributed by atoms with Crippen LogP contribution in [0.25, 0.3) is 0 Å². The predicted molar refractivity (Wildman–Crippen MR) is 58.4 cm³/mol. The lowest BCUT2D eigenvalue weighted by Gasteiger charge is -2.12. The summed E-state index contributed by atoms with van der Waals surface area (Å²) in [6, 6.07) is 3.10. The van der Waals surface area contributed by atoms with Crippen molar-refractivity contribution in [3.8, 4) is 5.75 Å². The van der Waals surface area contributed by atoms with E-state index < -0.39 is 15.8 Å². The second-order valence-electron chi connectivity index (χ2n) is 3.57. The second kappa shape index (κ2) is 4.80. The Morgan fingerprint density at radius 1 is 1.38 bits per heavy atom. The molecule has 0 fully saturated rings. The standard InChI is InChI=1S/C10H14FNO3S/c1-7(2)12-16(13,14)10-6-8(11)4-5-9(10)15-3/h4-7,12H,1-3H3. The smallest absolute Gasteiger partial charge is 0.244 e. The van der Waals surface area contributed by atoms with Gasteiger partial charge in [-0.15, -0.1) is 0 Å². The van der Waals surface area contributed by atoms with Gasteiger partial charge in [-0.25, -0.2) is 17.5 Å². The molecule has 0 radical (unpaired) electrons. The summed E-state index contributed by atoms with van der Waals surface area (Å²) in [5, 5.41) is 0. The second-order valence-corrected chi connectivity index (χ2v) is 5.25. The zero-order valence-corrected chi connectivity index (χ0v) is 10.1. The third-order valence-corrected chi connectivity index (χ3v) is 3.49. The minimum Gasteiger partial charge on any atom is -0.495 e. The maximum absolute atomic E-state index is 13.0. The van der Waals surface area contributed by atoms with Crippen molar-refractivity contribution in [3.05, 3.63) is 24.0 Å². The first-order chi connectivity index (χ1) is 7.36. The van der Waals surface area contributed by atoms with Crippen LogP contribution in [-0.2, 0) is 10.0 Å². The maximum Gasteiger partial charge on any atom is 0.244 e. The topological polar surface area (TPSA) is 55.4 Å². The molecule has 1 rings (SSSR count). The van der Waals surface area contributed by atoms with E-state index in [0.717, 1.165) is 12.1 Å². The average molecular weight is 247 g/mol. The summed E-state index contributed by atoms with van der Waals surface area (Å²) < 4.78 is 43.9. The molecule has 90 valence electrons. The van der Waals surface area contributed by atoms with Crippen LogP contribution >= 0.6 is 0 Å². The van der Waals surface area contributed by atoms with E-state index >= 15 is 0 Å². The third-order valence-electron chi connectivity index (χ3n) is 1.81. The zero-order valence-electron chi connectivity index (χ0n) is 9.32. The Labute approximate surface area is 94.5 Å². The predicted octanol–water partition coefficient (Wildman–Crippen LogP) is 1.52. The zero-order chi connectivity index (χ0) is 12.3. The van der Waals surface area contributed by atoms with Gasteiger partial charge in [-0.2, -0.15) is 0 Å². The molecule has 0 aliphatic heterocycles. The van der Waals surface area contributed by atoms with Crippen LogP contribution in [0.1, 0.15) is 13.8 Å². The maximum atomic E-state index is 13.0. The van der Waals surface area contributed by atoms with Gasteiger partial charge in [-0.05, 0) is 32.0 Å². The van der Waals surface area contributed by atoms with Crippen molar-refractivity contribution in [1.29, 1.82) is 0 Å². The molecule has 16 heavy (non-hydrogen) atoms. The molecular formula is C10H14FNO3S. The van der Waals surface area contributed by atoms with Gasteiger partial charge in [0.05, 0.1) is 7.11 Å². The van der Waals surface area contributed by atoms with Gasteiger partial charge in [-0.3, -0.25) is 0 Å². The van der Waals surface area contributed by atoms with E-state index in [0.29, 0.717) is 0 Å². The minimum absolute atomic E-state index is 0.120. The van der Waals surface area contributed by atoms with Crippen LogP contribution in [0.3, 0.4) is 0 Å². The number of halogens is 1. The Morgan fingerprint density at radius 2 is 2.00 bits per heavy atom. The molecule has 0 aliphatic carbocycles. The molecule has 0 aromatic heterocycles. The van der Waals surface area contributed by atoms with Gasteiger partial charge in [0.25, 0.3) is 0 Å². The lowest BCUT2D eigenvalue weighted by atomic mass is 10.3. The van der Waals surface area contributed by atoms with Crippen LogP contribution in [0.4, 0.5) is 4.39 Å². The average Bonchev–Trinajstić information content (AvgIpc) is 2.15. The molecule has 0 heterocycles. The minimum atomic E-state index is -3.74. The molecule has 4 nitrogen and oxygen atoms in total. The van der Waals surface area contributed by atoms with Gasteiger partial charge in [0.15, 0.2) is 0 Å². The molecule has 0 saturated carbocycles. The molecule has 6 heteroatoms. The van der Waals surface area contributed by atoms with E-state index in [9.17, 15) is 12.8 Å². The van der Waals surface area contributed by atoms with E-state index in [1.165, 1.54) is 13.2 Å². The van der Waals surface area contributed by atoms with E-state index in [-0.39, 0.29) is 16.7 Å². The molecule has 1 aromatic carbocycles. The first-order valence-corrected chi connectivity index (χ1v) is 6.21. The SMILES string of the molecule is COc1ccc(F)cc1S(=O)(=O)NC(C)C. The fourth-order valence-corrected chi connectivity index (χ4v) is 2.67. The van der Waals surface area contributed by atoms with E-state index in [4.69, 9.17) is 4.74 Å². The highest BCUT2D eigenvalue weighted by atomic mass is 32.2.